The molecule has 0 bridgehead atoms. The lowest BCUT2D eigenvalue weighted by Crippen LogP contribution is -2.40. The van der Waals surface area contributed by atoms with Crippen molar-refractivity contribution in [3.05, 3.63) is 29.0 Å². The highest BCUT2D eigenvalue weighted by Gasteiger charge is 2.10. The Kier molecular flexibility index (Phi) is 3.76. The fourth-order valence-electron chi connectivity index (χ4n) is 1.64. The second-order valence-corrected chi connectivity index (χ2v) is 4.72. The van der Waals surface area contributed by atoms with Crippen LogP contribution in [-0.4, -0.2) is 22.0 Å². The van der Waals surface area contributed by atoms with Crippen molar-refractivity contribution in [1.29, 1.82) is 0 Å². The van der Waals surface area contributed by atoms with Crippen LogP contribution >= 0.6 is 15.9 Å². The van der Waals surface area contributed by atoms with Gasteiger partial charge in [-0.2, -0.15) is 0 Å². The number of fused-ring (bicyclic) bond motifs is 1. The number of carboxylic acid groups (broad SMARTS) is 1. The Morgan fingerprint density at radius 3 is 2.94 bits per heavy atom. The van der Waals surface area contributed by atoms with Crippen LogP contribution in [0.25, 0.3) is 10.9 Å². The molecule has 94 valence electrons. The van der Waals surface area contributed by atoms with Crippen LogP contribution < -0.4 is 10.4 Å². The highest BCUT2D eigenvalue weighted by atomic mass is 79.9. The van der Waals surface area contributed by atoms with Gasteiger partial charge in [0.05, 0.1) is 17.5 Å². The second kappa shape index (κ2) is 5.30. The molecular weight excluding hydrogens is 298 g/mol. The van der Waals surface area contributed by atoms with Gasteiger partial charge < -0.3 is 15.2 Å². The van der Waals surface area contributed by atoms with Crippen molar-refractivity contribution < 1.29 is 9.90 Å². The molecule has 1 aromatic carbocycles. The van der Waals surface area contributed by atoms with Gasteiger partial charge in [-0.15, -0.1) is 0 Å². The van der Waals surface area contributed by atoms with E-state index in [9.17, 15) is 9.90 Å². The molecule has 0 aliphatic carbocycles. The fourth-order valence-corrected chi connectivity index (χ4v) is 2.00. The molecule has 1 atom stereocenters. The van der Waals surface area contributed by atoms with Crippen molar-refractivity contribution in [3.63, 3.8) is 0 Å². The molecule has 18 heavy (non-hydrogen) atoms. The highest BCUT2D eigenvalue weighted by molar-refractivity contribution is 9.10. The summed E-state index contributed by atoms with van der Waals surface area (Å²) in [4.78, 5) is 19.1. The van der Waals surface area contributed by atoms with Gasteiger partial charge in [-0.25, -0.2) is 9.97 Å². The van der Waals surface area contributed by atoms with E-state index in [2.05, 4.69) is 31.2 Å². The van der Waals surface area contributed by atoms with Crippen molar-refractivity contribution in [2.24, 2.45) is 0 Å². The number of benzene rings is 1. The third-order valence-electron chi connectivity index (χ3n) is 2.60. The van der Waals surface area contributed by atoms with Crippen LogP contribution in [0, 0.1) is 0 Å². The van der Waals surface area contributed by atoms with Gasteiger partial charge in [0.1, 0.15) is 12.1 Å². The van der Waals surface area contributed by atoms with Gasteiger partial charge in [0, 0.05) is 9.86 Å². The quantitative estimate of drug-likeness (QED) is 0.922. The first-order valence-electron chi connectivity index (χ1n) is 5.49. The number of rotatable bonds is 4. The second-order valence-electron chi connectivity index (χ2n) is 3.81. The lowest BCUT2D eigenvalue weighted by atomic mass is 10.2. The number of hydrogen-bond acceptors (Lipinski definition) is 5. The van der Waals surface area contributed by atoms with Crippen molar-refractivity contribution in [2.75, 3.05) is 5.32 Å². The summed E-state index contributed by atoms with van der Waals surface area (Å²) >= 11 is 3.37. The number of anilines is 1. The molecule has 0 saturated heterocycles. The topological polar surface area (TPSA) is 77.9 Å². The van der Waals surface area contributed by atoms with Crippen LogP contribution in [0.4, 0.5) is 5.82 Å². The van der Waals surface area contributed by atoms with Gasteiger partial charge in [-0.1, -0.05) is 22.9 Å². The van der Waals surface area contributed by atoms with E-state index >= 15 is 0 Å². The molecule has 5 nitrogen and oxygen atoms in total. The Bertz CT molecular complexity index is 589. The van der Waals surface area contributed by atoms with Crippen molar-refractivity contribution in [3.8, 4) is 0 Å². The minimum Gasteiger partial charge on any atom is -0.548 e. The molecule has 0 amide bonds. The third kappa shape index (κ3) is 2.59. The standard InChI is InChI=1S/C12H12BrN3O2/c1-2-9(12(17)18)16-11-8-5-7(13)3-4-10(8)14-6-15-11/h3-6,9H,2H2,1H3,(H,17,18)(H,14,15,16)/p-1/t9-/m1/s1. The average molecular weight is 309 g/mol. The van der Waals surface area contributed by atoms with Crippen molar-refractivity contribution in [1.82, 2.24) is 9.97 Å². The summed E-state index contributed by atoms with van der Waals surface area (Å²) in [6, 6.07) is 4.79. The summed E-state index contributed by atoms with van der Waals surface area (Å²) in [7, 11) is 0. The number of aromatic nitrogens is 2. The molecule has 0 saturated carbocycles. The molecule has 2 rings (SSSR count). The van der Waals surface area contributed by atoms with E-state index < -0.39 is 12.0 Å². The Balaban J connectivity index is 2.44. The minimum absolute atomic E-state index is 0.418. The molecule has 1 N–H and O–H groups in total. The number of aliphatic carboxylic acids is 1. The maximum atomic E-state index is 10.9. The maximum Gasteiger partial charge on any atom is 0.137 e. The van der Waals surface area contributed by atoms with Crippen LogP contribution in [0.5, 0.6) is 0 Å². The fraction of sp³-hybridized carbons (Fsp3) is 0.250. The first kappa shape index (κ1) is 12.8. The van der Waals surface area contributed by atoms with E-state index in [0.717, 1.165) is 15.4 Å². The summed E-state index contributed by atoms with van der Waals surface area (Å²) < 4.78 is 0.884. The molecule has 0 radical (unpaired) electrons. The summed E-state index contributed by atoms with van der Waals surface area (Å²) in [6.07, 6.45) is 1.82. The molecule has 0 fully saturated rings. The summed E-state index contributed by atoms with van der Waals surface area (Å²) in [5.41, 5.74) is 0.754. The monoisotopic (exact) mass is 308 g/mol. The lowest BCUT2D eigenvalue weighted by molar-refractivity contribution is -0.306. The third-order valence-corrected chi connectivity index (χ3v) is 3.09. The number of carbonyl (C=O) groups excluding carboxylic acids is 1. The maximum absolute atomic E-state index is 10.9. The summed E-state index contributed by atoms with van der Waals surface area (Å²) in [6.45, 7) is 1.77. The number of nitrogens with zero attached hydrogens (tertiary/aromatic N) is 2. The van der Waals surface area contributed by atoms with E-state index in [4.69, 9.17) is 0 Å². The zero-order chi connectivity index (χ0) is 13.1. The van der Waals surface area contributed by atoms with E-state index in [1.54, 1.807) is 6.92 Å². The molecule has 0 unspecified atom stereocenters. The normalized spacial score (nSPS) is 12.3. The van der Waals surface area contributed by atoms with Crippen LogP contribution in [0.3, 0.4) is 0 Å². The van der Waals surface area contributed by atoms with Gasteiger partial charge >= 0.3 is 0 Å². The van der Waals surface area contributed by atoms with Crippen LogP contribution in [-0.2, 0) is 4.79 Å². The predicted octanol–water partition coefficient (Wildman–Crippen LogP) is 1.33. The van der Waals surface area contributed by atoms with Gasteiger partial charge in [0.25, 0.3) is 0 Å². The Labute approximate surface area is 112 Å². The Morgan fingerprint density at radius 2 is 2.28 bits per heavy atom. The minimum atomic E-state index is -1.14. The lowest BCUT2D eigenvalue weighted by Gasteiger charge is -2.19. The van der Waals surface area contributed by atoms with Crippen LogP contribution in [0.1, 0.15) is 13.3 Å². The number of carbonyl (C=O) groups is 1. The molecule has 1 heterocycles. The number of halogens is 1. The number of nitrogens with one attached hydrogen (secondary N) is 1. The zero-order valence-electron chi connectivity index (χ0n) is 9.68. The Hall–Kier alpha value is -1.69. The van der Waals surface area contributed by atoms with E-state index in [1.807, 2.05) is 18.2 Å². The highest BCUT2D eigenvalue weighted by Crippen LogP contribution is 2.23. The molecule has 0 aliphatic rings. The van der Waals surface area contributed by atoms with E-state index in [1.165, 1.54) is 6.33 Å². The summed E-state index contributed by atoms with van der Waals surface area (Å²) in [5, 5.41) is 14.5. The first-order valence-corrected chi connectivity index (χ1v) is 6.28. The smallest absolute Gasteiger partial charge is 0.137 e. The number of hydrogen-bond donors (Lipinski definition) is 1. The van der Waals surface area contributed by atoms with E-state index in [0.29, 0.717) is 12.2 Å². The predicted molar refractivity (Wildman–Crippen MR) is 69.9 cm³/mol. The van der Waals surface area contributed by atoms with Crippen LogP contribution in [0.2, 0.25) is 0 Å². The van der Waals surface area contributed by atoms with Crippen LogP contribution in [0.15, 0.2) is 29.0 Å². The van der Waals surface area contributed by atoms with Gasteiger partial charge in [0.15, 0.2) is 0 Å². The largest absolute Gasteiger partial charge is 0.548 e. The molecule has 2 aromatic rings. The SMILES string of the molecule is CC[C@@H](Nc1ncnc2ccc(Br)cc12)C(=O)[O-]. The molecule has 0 spiro atoms. The average Bonchev–Trinajstić information content (AvgIpc) is 2.35. The summed E-state index contributed by atoms with van der Waals surface area (Å²) in [5.74, 6) is -0.642. The first-order chi connectivity index (χ1) is 8.61. The van der Waals surface area contributed by atoms with Gasteiger partial charge in [-0.05, 0) is 24.6 Å². The molecule has 1 aromatic heterocycles. The molecule has 0 aliphatic heterocycles. The number of carboxylic acids is 1. The zero-order valence-corrected chi connectivity index (χ0v) is 11.3. The Morgan fingerprint density at radius 1 is 1.50 bits per heavy atom. The molecular formula is C12H11BrN3O2-. The van der Waals surface area contributed by atoms with Gasteiger partial charge in [0.2, 0.25) is 0 Å². The van der Waals surface area contributed by atoms with Crippen molar-refractivity contribution in [2.45, 2.75) is 19.4 Å². The van der Waals surface area contributed by atoms with Crippen molar-refractivity contribution >= 4 is 38.6 Å². The molecule has 6 heteroatoms. The van der Waals surface area contributed by atoms with E-state index in [-0.39, 0.29) is 0 Å². The van der Waals surface area contributed by atoms with Gasteiger partial charge in [-0.3, -0.25) is 0 Å².